The van der Waals surface area contributed by atoms with Crippen LogP contribution in [-0.2, 0) is 0 Å². The van der Waals surface area contributed by atoms with Gasteiger partial charge in [-0.05, 0) is 31.7 Å². The first kappa shape index (κ1) is 14.2. The molecule has 1 amide bonds. The molecule has 1 aromatic carbocycles. The standard InChI is InChI=1S/C13H16FN3O3/c1-2-16(7-8-3-4-8)13(18)9-5-11(15)10(14)6-12(9)17(19)20/h5-6,8H,2-4,7,15H2,1H3. The first-order chi connectivity index (χ1) is 9.43. The van der Waals surface area contributed by atoms with Gasteiger partial charge in [-0.25, -0.2) is 4.39 Å². The van der Waals surface area contributed by atoms with Crippen molar-refractivity contribution in [1.82, 2.24) is 4.90 Å². The van der Waals surface area contributed by atoms with Crippen LogP contribution in [0.1, 0.15) is 30.1 Å². The summed E-state index contributed by atoms with van der Waals surface area (Å²) in [6, 6.07) is 1.75. The number of nitrogens with two attached hydrogens (primary N) is 1. The zero-order valence-electron chi connectivity index (χ0n) is 11.1. The number of carbonyl (C=O) groups excluding carboxylic acids is 1. The molecule has 1 fully saturated rings. The largest absolute Gasteiger partial charge is 0.396 e. The van der Waals surface area contributed by atoms with Gasteiger partial charge in [0.2, 0.25) is 0 Å². The Labute approximate surface area is 115 Å². The highest BCUT2D eigenvalue weighted by molar-refractivity contribution is 5.99. The normalized spacial score (nSPS) is 14.1. The van der Waals surface area contributed by atoms with Gasteiger partial charge in [0.25, 0.3) is 11.6 Å². The summed E-state index contributed by atoms with van der Waals surface area (Å²) in [6.07, 6.45) is 2.13. The molecule has 2 N–H and O–H groups in total. The highest BCUT2D eigenvalue weighted by Crippen LogP contribution is 2.31. The fourth-order valence-corrected chi connectivity index (χ4v) is 2.04. The van der Waals surface area contributed by atoms with Crippen molar-refractivity contribution in [1.29, 1.82) is 0 Å². The summed E-state index contributed by atoms with van der Waals surface area (Å²) in [6.45, 7) is 2.83. The lowest BCUT2D eigenvalue weighted by atomic mass is 10.1. The van der Waals surface area contributed by atoms with Crippen LogP contribution in [0.5, 0.6) is 0 Å². The molecular formula is C13H16FN3O3. The Morgan fingerprint density at radius 2 is 2.20 bits per heavy atom. The molecular weight excluding hydrogens is 265 g/mol. The fraction of sp³-hybridized carbons (Fsp3) is 0.462. The summed E-state index contributed by atoms with van der Waals surface area (Å²) in [5.74, 6) is -0.896. The van der Waals surface area contributed by atoms with Crippen LogP contribution in [0.3, 0.4) is 0 Å². The lowest BCUT2D eigenvalue weighted by Gasteiger charge is -2.20. The van der Waals surface area contributed by atoms with E-state index in [9.17, 15) is 19.3 Å². The van der Waals surface area contributed by atoms with Crippen molar-refractivity contribution in [2.24, 2.45) is 5.92 Å². The molecule has 108 valence electrons. The van der Waals surface area contributed by atoms with Crippen molar-refractivity contribution in [3.05, 3.63) is 33.6 Å². The highest BCUT2D eigenvalue weighted by atomic mass is 19.1. The summed E-state index contributed by atoms with van der Waals surface area (Å²) in [4.78, 5) is 24.1. The average molecular weight is 281 g/mol. The summed E-state index contributed by atoms with van der Waals surface area (Å²) in [5.41, 5.74) is 4.45. The maximum Gasteiger partial charge on any atom is 0.285 e. The van der Waals surface area contributed by atoms with Gasteiger partial charge in [0.1, 0.15) is 5.56 Å². The van der Waals surface area contributed by atoms with E-state index in [1.165, 1.54) is 4.90 Å². The molecule has 0 heterocycles. The third kappa shape index (κ3) is 2.87. The van der Waals surface area contributed by atoms with E-state index >= 15 is 0 Å². The Bertz CT molecular complexity index is 558. The number of carbonyl (C=O) groups is 1. The van der Waals surface area contributed by atoms with Crippen molar-refractivity contribution in [2.45, 2.75) is 19.8 Å². The van der Waals surface area contributed by atoms with Crippen LogP contribution < -0.4 is 5.73 Å². The minimum Gasteiger partial charge on any atom is -0.396 e. The lowest BCUT2D eigenvalue weighted by Crippen LogP contribution is -2.33. The van der Waals surface area contributed by atoms with Crippen molar-refractivity contribution >= 4 is 17.3 Å². The average Bonchev–Trinajstić information content (AvgIpc) is 3.21. The second-order valence-corrected chi connectivity index (χ2v) is 4.94. The molecule has 1 saturated carbocycles. The topological polar surface area (TPSA) is 89.5 Å². The molecule has 6 nitrogen and oxygen atoms in total. The predicted octanol–water partition coefficient (Wildman–Crippen LogP) is 2.19. The number of nitro benzene ring substituents is 1. The number of hydrogen-bond acceptors (Lipinski definition) is 4. The van der Waals surface area contributed by atoms with Crippen LogP contribution in [0, 0.1) is 21.8 Å². The van der Waals surface area contributed by atoms with Gasteiger partial charge in [-0.1, -0.05) is 0 Å². The molecule has 0 spiro atoms. The first-order valence-corrected chi connectivity index (χ1v) is 6.46. The SMILES string of the molecule is CCN(CC1CC1)C(=O)c1cc(N)c(F)cc1[N+](=O)[O-]. The van der Waals surface area contributed by atoms with E-state index < -0.39 is 22.3 Å². The van der Waals surface area contributed by atoms with Crippen molar-refractivity contribution in [2.75, 3.05) is 18.8 Å². The Morgan fingerprint density at radius 3 is 2.70 bits per heavy atom. The number of nitro groups is 1. The molecule has 20 heavy (non-hydrogen) atoms. The van der Waals surface area contributed by atoms with Gasteiger partial charge in [0.05, 0.1) is 16.7 Å². The number of hydrogen-bond donors (Lipinski definition) is 1. The Morgan fingerprint density at radius 1 is 1.55 bits per heavy atom. The number of nitrogens with zero attached hydrogens (tertiary/aromatic N) is 2. The van der Waals surface area contributed by atoms with Crippen LogP contribution in [0.15, 0.2) is 12.1 Å². The monoisotopic (exact) mass is 281 g/mol. The molecule has 1 aliphatic rings. The van der Waals surface area contributed by atoms with E-state index in [-0.39, 0.29) is 11.3 Å². The summed E-state index contributed by atoms with van der Waals surface area (Å²) < 4.78 is 13.3. The van der Waals surface area contributed by atoms with E-state index in [2.05, 4.69) is 0 Å². The van der Waals surface area contributed by atoms with E-state index in [4.69, 9.17) is 5.73 Å². The highest BCUT2D eigenvalue weighted by Gasteiger charge is 2.30. The van der Waals surface area contributed by atoms with Gasteiger partial charge >= 0.3 is 0 Å². The zero-order chi connectivity index (χ0) is 14.9. The maximum absolute atomic E-state index is 13.3. The number of amides is 1. The van der Waals surface area contributed by atoms with Crippen molar-refractivity contribution in [3.8, 4) is 0 Å². The molecule has 0 aromatic heterocycles. The van der Waals surface area contributed by atoms with E-state index in [0.29, 0.717) is 25.1 Å². The van der Waals surface area contributed by atoms with Gasteiger partial charge in [0.15, 0.2) is 5.82 Å². The molecule has 0 radical (unpaired) electrons. The molecule has 1 aliphatic carbocycles. The quantitative estimate of drug-likeness (QED) is 0.509. The minimum absolute atomic E-state index is 0.156. The van der Waals surface area contributed by atoms with Crippen molar-refractivity contribution in [3.63, 3.8) is 0 Å². The van der Waals surface area contributed by atoms with Gasteiger partial charge in [0, 0.05) is 13.1 Å². The summed E-state index contributed by atoms with van der Waals surface area (Å²) >= 11 is 0. The second-order valence-electron chi connectivity index (χ2n) is 4.94. The first-order valence-electron chi connectivity index (χ1n) is 6.46. The smallest absolute Gasteiger partial charge is 0.285 e. The van der Waals surface area contributed by atoms with E-state index in [0.717, 1.165) is 18.9 Å². The molecule has 7 heteroatoms. The zero-order valence-corrected chi connectivity index (χ0v) is 11.1. The van der Waals surface area contributed by atoms with Crippen LogP contribution >= 0.6 is 0 Å². The summed E-state index contributed by atoms with van der Waals surface area (Å²) in [5, 5.41) is 11.0. The van der Waals surface area contributed by atoms with Crippen LogP contribution in [0.25, 0.3) is 0 Å². The number of rotatable bonds is 5. The van der Waals surface area contributed by atoms with Crippen LogP contribution in [0.4, 0.5) is 15.8 Å². The molecule has 0 unspecified atom stereocenters. The third-order valence-corrected chi connectivity index (χ3v) is 3.39. The molecule has 0 aliphatic heterocycles. The fourth-order valence-electron chi connectivity index (χ4n) is 2.04. The Balaban J connectivity index is 2.35. The molecule has 0 bridgehead atoms. The number of benzene rings is 1. The van der Waals surface area contributed by atoms with Crippen LogP contribution in [0.2, 0.25) is 0 Å². The molecule has 2 rings (SSSR count). The van der Waals surface area contributed by atoms with E-state index in [1.807, 2.05) is 0 Å². The number of anilines is 1. The van der Waals surface area contributed by atoms with Gasteiger partial charge in [-0.2, -0.15) is 0 Å². The Hall–Kier alpha value is -2.18. The second kappa shape index (κ2) is 5.44. The van der Waals surface area contributed by atoms with Gasteiger partial charge in [-0.15, -0.1) is 0 Å². The lowest BCUT2D eigenvalue weighted by molar-refractivity contribution is -0.385. The van der Waals surface area contributed by atoms with Crippen LogP contribution in [-0.4, -0.2) is 28.8 Å². The Kier molecular flexibility index (Phi) is 3.87. The predicted molar refractivity (Wildman–Crippen MR) is 71.8 cm³/mol. The van der Waals surface area contributed by atoms with Gasteiger partial charge < -0.3 is 10.6 Å². The van der Waals surface area contributed by atoms with Gasteiger partial charge in [-0.3, -0.25) is 14.9 Å². The molecule has 0 saturated heterocycles. The third-order valence-electron chi connectivity index (χ3n) is 3.39. The van der Waals surface area contributed by atoms with E-state index in [1.54, 1.807) is 6.92 Å². The molecule has 0 atom stereocenters. The number of nitrogen functional groups attached to an aromatic ring is 1. The summed E-state index contributed by atoms with van der Waals surface area (Å²) in [7, 11) is 0. The van der Waals surface area contributed by atoms with Crippen molar-refractivity contribution < 1.29 is 14.1 Å². The maximum atomic E-state index is 13.3. The molecule has 1 aromatic rings. The number of halogens is 1. The minimum atomic E-state index is -0.890.